The number of aliphatic hydroxyl groups is 1. The summed E-state index contributed by atoms with van der Waals surface area (Å²) in [6, 6.07) is 2.93. The molecule has 0 spiro atoms. The first-order valence-electron chi connectivity index (χ1n) is 7.69. The Labute approximate surface area is 139 Å². The zero-order chi connectivity index (χ0) is 17.3. The van der Waals surface area contributed by atoms with E-state index in [1.807, 2.05) is 4.90 Å². The number of halogens is 1. The first-order chi connectivity index (χ1) is 11.4. The highest BCUT2D eigenvalue weighted by molar-refractivity contribution is 5.91. The van der Waals surface area contributed by atoms with E-state index in [0.29, 0.717) is 31.0 Å². The molecular weight excluding hydrogens is 313 g/mol. The Balaban J connectivity index is 1.64. The number of amides is 1. The molecule has 0 aliphatic carbocycles. The van der Waals surface area contributed by atoms with E-state index < -0.39 is 11.4 Å². The Morgan fingerprint density at radius 2 is 2.25 bits per heavy atom. The summed E-state index contributed by atoms with van der Waals surface area (Å²) in [5, 5.41) is 10.8. The smallest absolute Gasteiger partial charge is 0.273 e. The summed E-state index contributed by atoms with van der Waals surface area (Å²) in [7, 11) is 3.44. The maximum Gasteiger partial charge on any atom is 0.273 e. The summed E-state index contributed by atoms with van der Waals surface area (Å²) in [6.07, 6.45) is 4.87. The second-order valence-corrected chi connectivity index (χ2v) is 6.32. The van der Waals surface area contributed by atoms with E-state index >= 15 is 0 Å². The van der Waals surface area contributed by atoms with Crippen LogP contribution in [-0.2, 0) is 7.05 Å². The monoisotopic (exact) mass is 333 g/mol. The molecule has 2 aromatic rings. The van der Waals surface area contributed by atoms with Crippen LogP contribution < -0.4 is 4.90 Å². The number of hydrogen-bond acceptors (Lipinski definition) is 5. The molecule has 0 unspecified atom stereocenters. The molecule has 0 radical (unpaired) electrons. The number of rotatable bonds is 4. The van der Waals surface area contributed by atoms with Gasteiger partial charge in [0.2, 0.25) is 0 Å². The van der Waals surface area contributed by atoms with Crippen molar-refractivity contribution in [3.8, 4) is 0 Å². The first kappa shape index (κ1) is 16.4. The van der Waals surface area contributed by atoms with Crippen molar-refractivity contribution in [1.82, 2.24) is 19.4 Å². The highest BCUT2D eigenvalue weighted by atomic mass is 19.1. The lowest BCUT2D eigenvalue weighted by molar-refractivity contribution is 0.0262. The van der Waals surface area contributed by atoms with Crippen LogP contribution in [0.2, 0.25) is 0 Å². The predicted molar refractivity (Wildman–Crippen MR) is 86.1 cm³/mol. The SMILES string of the molecule is CN(C[C@@]1(O)CCN(c2ccc(F)cn2)C1)C(=O)c1cn(C)cn1. The van der Waals surface area contributed by atoms with Crippen LogP contribution in [0.1, 0.15) is 16.9 Å². The molecule has 1 amide bonds. The highest BCUT2D eigenvalue weighted by Crippen LogP contribution is 2.26. The van der Waals surface area contributed by atoms with Gasteiger partial charge in [0.15, 0.2) is 0 Å². The molecule has 24 heavy (non-hydrogen) atoms. The van der Waals surface area contributed by atoms with Gasteiger partial charge in [-0.1, -0.05) is 0 Å². The molecule has 8 heteroatoms. The fraction of sp³-hybridized carbons (Fsp3) is 0.438. The van der Waals surface area contributed by atoms with E-state index in [0.717, 1.165) is 6.20 Å². The predicted octanol–water partition coefficient (Wildman–Crippen LogP) is 0.668. The number of likely N-dealkylation sites (N-methyl/N-ethyl adjacent to an activating group) is 1. The van der Waals surface area contributed by atoms with Crippen LogP contribution in [-0.4, -0.2) is 62.7 Å². The number of anilines is 1. The van der Waals surface area contributed by atoms with Gasteiger partial charge in [0.25, 0.3) is 5.91 Å². The van der Waals surface area contributed by atoms with Crippen molar-refractivity contribution in [2.45, 2.75) is 12.0 Å². The zero-order valence-electron chi connectivity index (χ0n) is 13.7. The number of β-amino-alcohol motifs (C(OH)–C–C–N with tert-alkyl or cyclic N) is 1. The third-order valence-electron chi connectivity index (χ3n) is 4.17. The van der Waals surface area contributed by atoms with Gasteiger partial charge in [-0.2, -0.15) is 0 Å². The molecule has 1 N–H and O–H groups in total. The Hall–Kier alpha value is -2.48. The van der Waals surface area contributed by atoms with Crippen LogP contribution in [0.3, 0.4) is 0 Å². The lowest BCUT2D eigenvalue weighted by Gasteiger charge is -2.28. The number of nitrogens with zero attached hydrogens (tertiary/aromatic N) is 5. The Bertz CT molecular complexity index is 732. The van der Waals surface area contributed by atoms with E-state index in [1.165, 1.54) is 11.0 Å². The number of aryl methyl sites for hydroxylation is 1. The molecule has 7 nitrogen and oxygen atoms in total. The molecule has 0 aromatic carbocycles. The van der Waals surface area contributed by atoms with Crippen molar-refractivity contribution in [1.29, 1.82) is 0 Å². The molecule has 3 rings (SSSR count). The molecule has 1 aliphatic heterocycles. The van der Waals surface area contributed by atoms with E-state index in [1.54, 1.807) is 37.3 Å². The topological polar surface area (TPSA) is 74.5 Å². The minimum Gasteiger partial charge on any atom is -0.386 e. The number of carbonyl (C=O) groups excluding carboxylic acids is 1. The molecule has 1 atom stereocenters. The standard InChI is InChI=1S/C16H20FN5O2/c1-20-8-13(19-11-20)15(23)21(2)9-16(24)5-6-22(10-16)14-4-3-12(17)7-18-14/h3-4,7-8,11,24H,5-6,9-10H2,1-2H3/t16-/m0/s1. The van der Waals surface area contributed by atoms with Gasteiger partial charge < -0.3 is 19.5 Å². The van der Waals surface area contributed by atoms with Crippen LogP contribution >= 0.6 is 0 Å². The van der Waals surface area contributed by atoms with Crippen molar-refractivity contribution >= 4 is 11.7 Å². The summed E-state index contributed by atoms with van der Waals surface area (Å²) in [6.45, 7) is 1.13. The summed E-state index contributed by atoms with van der Waals surface area (Å²) in [5.74, 6) is -0.0117. The van der Waals surface area contributed by atoms with Crippen LogP contribution in [0.5, 0.6) is 0 Å². The molecule has 1 fully saturated rings. The molecular formula is C16H20FN5O2. The van der Waals surface area contributed by atoms with Crippen molar-refractivity contribution < 1.29 is 14.3 Å². The van der Waals surface area contributed by atoms with Crippen LogP contribution in [0.15, 0.2) is 30.9 Å². The average molecular weight is 333 g/mol. The van der Waals surface area contributed by atoms with Crippen molar-refractivity contribution in [2.75, 3.05) is 31.6 Å². The van der Waals surface area contributed by atoms with Gasteiger partial charge in [-0.3, -0.25) is 4.79 Å². The number of hydrogen-bond donors (Lipinski definition) is 1. The third kappa shape index (κ3) is 3.38. The van der Waals surface area contributed by atoms with Gasteiger partial charge in [0, 0.05) is 33.4 Å². The normalized spacial score (nSPS) is 20.4. The van der Waals surface area contributed by atoms with Gasteiger partial charge in [-0.05, 0) is 18.6 Å². The summed E-state index contributed by atoms with van der Waals surface area (Å²) in [5.41, 5.74) is -0.687. The zero-order valence-corrected chi connectivity index (χ0v) is 13.7. The number of carbonyl (C=O) groups is 1. The van der Waals surface area contributed by atoms with E-state index in [2.05, 4.69) is 9.97 Å². The van der Waals surface area contributed by atoms with Gasteiger partial charge in [-0.25, -0.2) is 14.4 Å². The van der Waals surface area contributed by atoms with E-state index in [-0.39, 0.29) is 12.5 Å². The second-order valence-electron chi connectivity index (χ2n) is 6.32. The maximum atomic E-state index is 13.0. The molecule has 0 bridgehead atoms. The Kier molecular flexibility index (Phi) is 4.23. The second kappa shape index (κ2) is 6.20. The summed E-state index contributed by atoms with van der Waals surface area (Å²) >= 11 is 0. The van der Waals surface area contributed by atoms with Crippen molar-refractivity contribution in [2.24, 2.45) is 7.05 Å². The van der Waals surface area contributed by atoms with Gasteiger partial charge in [-0.15, -0.1) is 0 Å². The summed E-state index contributed by atoms with van der Waals surface area (Å²) < 4.78 is 14.7. The fourth-order valence-electron chi connectivity index (χ4n) is 2.97. The maximum absolute atomic E-state index is 13.0. The lowest BCUT2D eigenvalue weighted by Crippen LogP contribution is -2.46. The molecule has 0 saturated carbocycles. The third-order valence-corrected chi connectivity index (χ3v) is 4.17. The Morgan fingerprint density at radius 1 is 1.46 bits per heavy atom. The van der Waals surface area contributed by atoms with Crippen molar-refractivity contribution in [3.63, 3.8) is 0 Å². The number of aromatic nitrogens is 3. The quantitative estimate of drug-likeness (QED) is 0.890. The largest absolute Gasteiger partial charge is 0.386 e. The van der Waals surface area contributed by atoms with E-state index in [4.69, 9.17) is 0 Å². The van der Waals surface area contributed by atoms with Crippen LogP contribution in [0.25, 0.3) is 0 Å². The highest BCUT2D eigenvalue weighted by Gasteiger charge is 2.38. The Morgan fingerprint density at radius 3 is 2.88 bits per heavy atom. The number of imidazole rings is 1. The molecule has 1 aliphatic rings. The summed E-state index contributed by atoms with van der Waals surface area (Å²) in [4.78, 5) is 23.8. The molecule has 3 heterocycles. The molecule has 1 saturated heterocycles. The molecule has 2 aromatic heterocycles. The van der Waals surface area contributed by atoms with Gasteiger partial charge in [0.05, 0.1) is 19.1 Å². The van der Waals surface area contributed by atoms with Crippen LogP contribution in [0, 0.1) is 5.82 Å². The number of pyridine rings is 1. The van der Waals surface area contributed by atoms with Gasteiger partial charge >= 0.3 is 0 Å². The van der Waals surface area contributed by atoms with Crippen LogP contribution in [0.4, 0.5) is 10.2 Å². The molecule has 128 valence electrons. The minimum absolute atomic E-state index is 0.195. The average Bonchev–Trinajstić information content (AvgIpc) is 3.14. The first-order valence-corrected chi connectivity index (χ1v) is 7.69. The van der Waals surface area contributed by atoms with E-state index in [9.17, 15) is 14.3 Å². The fourth-order valence-corrected chi connectivity index (χ4v) is 2.97. The van der Waals surface area contributed by atoms with Crippen molar-refractivity contribution in [3.05, 3.63) is 42.4 Å². The minimum atomic E-state index is -1.03. The lowest BCUT2D eigenvalue weighted by atomic mass is 10.0. The van der Waals surface area contributed by atoms with Gasteiger partial charge in [0.1, 0.15) is 22.9 Å².